The first kappa shape index (κ1) is 17.5. The third kappa shape index (κ3) is 4.04. The Balaban J connectivity index is 1.85. The maximum Gasteiger partial charge on any atom is 0.254 e. The fourth-order valence-corrected chi connectivity index (χ4v) is 2.98. The molecule has 0 unspecified atom stereocenters. The van der Waals surface area contributed by atoms with Crippen molar-refractivity contribution in [3.8, 4) is 11.5 Å². The molecule has 0 N–H and O–H groups in total. The molecule has 1 aliphatic rings. The molecule has 25 heavy (non-hydrogen) atoms. The van der Waals surface area contributed by atoms with Gasteiger partial charge in [-0.15, -0.1) is 0 Å². The fourth-order valence-electron chi connectivity index (χ4n) is 2.72. The van der Waals surface area contributed by atoms with E-state index in [4.69, 9.17) is 21.1 Å². The predicted octanol–water partition coefficient (Wildman–Crippen LogP) is 4.30. The zero-order valence-corrected chi connectivity index (χ0v) is 14.7. The highest BCUT2D eigenvalue weighted by Crippen LogP contribution is 2.38. The number of carbonyl (C=O) groups is 1. The minimum atomic E-state index is -0.320. The smallest absolute Gasteiger partial charge is 0.254 e. The van der Waals surface area contributed by atoms with E-state index in [1.807, 2.05) is 6.92 Å². The number of carbonyl (C=O) groups excluding carboxylic acids is 1. The van der Waals surface area contributed by atoms with E-state index < -0.39 is 0 Å². The Morgan fingerprint density at radius 2 is 2.04 bits per heavy atom. The number of amides is 1. The van der Waals surface area contributed by atoms with Crippen molar-refractivity contribution in [2.45, 2.75) is 19.9 Å². The van der Waals surface area contributed by atoms with Crippen molar-refractivity contribution in [3.63, 3.8) is 0 Å². The van der Waals surface area contributed by atoms with E-state index in [0.717, 1.165) is 12.0 Å². The Labute approximate surface area is 151 Å². The lowest BCUT2D eigenvalue weighted by Gasteiger charge is -2.22. The second-order valence-electron chi connectivity index (χ2n) is 5.79. The van der Waals surface area contributed by atoms with Crippen LogP contribution in [0.25, 0.3) is 0 Å². The summed E-state index contributed by atoms with van der Waals surface area (Å²) in [5.41, 5.74) is 1.16. The molecule has 0 bridgehead atoms. The molecule has 1 amide bonds. The highest BCUT2D eigenvalue weighted by molar-refractivity contribution is 6.32. The zero-order valence-electron chi connectivity index (χ0n) is 13.9. The summed E-state index contributed by atoms with van der Waals surface area (Å²) < 4.78 is 24.6. The standard InChI is InChI=1S/C19H19ClFNO3/c1-2-22(12-13-5-3-6-15(21)9-13)19(23)14-10-16(20)18-17(11-14)24-7-4-8-25-18/h3,5-6,9-11H,2,4,7-8,12H2,1H3. The van der Waals surface area contributed by atoms with Crippen LogP contribution in [-0.2, 0) is 6.54 Å². The summed E-state index contributed by atoms with van der Waals surface area (Å²) in [5, 5.41) is 0.351. The van der Waals surface area contributed by atoms with Gasteiger partial charge in [0.05, 0.1) is 18.2 Å². The van der Waals surface area contributed by atoms with Crippen molar-refractivity contribution in [2.24, 2.45) is 0 Å². The molecule has 0 aromatic heterocycles. The number of hydrogen-bond donors (Lipinski definition) is 0. The van der Waals surface area contributed by atoms with Gasteiger partial charge in [0.2, 0.25) is 0 Å². The second kappa shape index (κ2) is 7.74. The minimum absolute atomic E-state index is 0.190. The van der Waals surface area contributed by atoms with Gasteiger partial charge in [-0.3, -0.25) is 4.79 Å². The number of nitrogens with zero attached hydrogens (tertiary/aromatic N) is 1. The summed E-state index contributed by atoms with van der Waals surface area (Å²) >= 11 is 6.27. The second-order valence-corrected chi connectivity index (χ2v) is 6.19. The van der Waals surface area contributed by atoms with E-state index in [-0.39, 0.29) is 11.7 Å². The van der Waals surface area contributed by atoms with Gasteiger partial charge in [-0.2, -0.15) is 0 Å². The largest absolute Gasteiger partial charge is 0.489 e. The van der Waals surface area contributed by atoms with Crippen LogP contribution < -0.4 is 9.47 Å². The first-order valence-electron chi connectivity index (χ1n) is 8.21. The summed E-state index contributed by atoms with van der Waals surface area (Å²) in [6.45, 7) is 3.73. The van der Waals surface area contributed by atoms with Crippen LogP contribution in [0.5, 0.6) is 11.5 Å². The Bertz CT molecular complexity index is 781. The van der Waals surface area contributed by atoms with Gasteiger partial charge >= 0.3 is 0 Å². The molecule has 0 radical (unpaired) electrons. The molecule has 2 aromatic carbocycles. The van der Waals surface area contributed by atoms with Gasteiger partial charge in [-0.25, -0.2) is 4.39 Å². The number of fused-ring (bicyclic) bond motifs is 1. The number of rotatable bonds is 4. The zero-order chi connectivity index (χ0) is 17.8. The molecule has 3 rings (SSSR count). The topological polar surface area (TPSA) is 38.8 Å². The van der Waals surface area contributed by atoms with Crippen molar-refractivity contribution in [1.82, 2.24) is 4.90 Å². The fraction of sp³-hybridized carbons (Fsp3) is 0.316. The summed E-state index contributed by atoms with van der Waals surface area (Å²) in [6.07, 6.45) is 0.759. The van der Waals surface area contributed by atoms with Crippen LogP contribution >= 0.6 is 11.6 Å². The number of ether oxygens (including phenoxy) is 2. The van der Waals surface area contributed by atoms with E-state index >= 15 is 0 Å². The SMILES string of the molecule is CCN(Cc1cccc(F)c1)C(=O)c1cc(Cl)c2c(c1)OCCCO2. The molecule has 2 aromatic rings. The Kier molecular flexibility index (Phi) is 5.43. The monoisotopic (exact) mass is 363 g/mol. The average Bonchev–Trinajstić information content (AvgIpc) is 2.85. The number of benzene rings is 2. The average molecular weight is 364 g/mol. The highest BCUT2D eigenvalue weighted by Gasteiger charge is 2.21. The quantitative estimate of drug-likeness (QED) is 0.812. The van der Waals surface area contributed by atoms with Crippen molar-refractivity contribution in [2.75, 3.05) is 19.8 Å². The number of hydrogen-bond acceptors (Lipinski definition) is 3. The Morgan fingerprint density at radius 3 is 2.80 bits per heavy atom. The maximum atomic E-state index is 13.4. The molecule has 0 spiro atoms. The van der Waals surface area contributed by atoms with Crippen molar-refractivity contribution in [3.05, 3.63) is 58.4 Å². The summed E-state index contributed by atoms with van der Waals surface area (Å²) in [6, 6.07) is 9.48. The molecule has 6 heteroatoms. The van der Waals surface area contributed by atoms with E-state index in [1.54, 1.807) is 29.2 Å². The van der Waals surface area contributed by atoms with E-state index in [0.29, 0.717) is 48.4 Å². The van der Waals surface area contributed by atoms with Gasteiger partial charge in [0.1, 0.15) is 5.82 Å². The molecular formula is C19H19ClFNO3. The summed E-state index contributed by atoms with van der Waals surface area (Å²) in [5.74, 6) is 0.447. The summed E-state index contributed by atoms with van der Waals surface area (Å²) in [7, 11) is 0. The lowest BCUT2D eigenvalue weighted by atomic mass is 10.1. The van der Waals surface area contributed by atoms with Crippen LogP contribution in [0.2, 0.25) is 5.02 Å². The molecular weight excluding hydrogens is 345 g/mol. The molecule has 1 heterocycles. The van der Waals surface area contributed by atoms with Gasteiger partial charge in [0.15, 0.2) is 11.5 Å². The third-order valence-corrected chi connectivity index (χ3v) is 4.26. The van der Waals surface area contributed by atoms with Crippen LogP contribution in [-0.4, -0.2) is 30.6 Å². The molecule has 1 aliphatic heterocycles. The summed E-state index contributed by atoms with van der Waals surface area (Å²) in [4.78, 5) is 14.5. The molecule has 132 valence electrons. The Hall–Kier alpha value is -2.27. The van der Waals surface area contributed by atoms with E-state index in [9.17, 15) is 9.18 Å². The number of halogens is 2. The van der Waals surface area contributed by atoms with Crippen LogP contribution in [0, 0.1) is 5.82 Å². The first-order chi connectivity index (χ1) is 12.1. The lowest BCUT2D eigenvalue weighted by Crippen LogP contribution is -2.30. The van der Waals surface area contributed by atoms with E-state index in [2.05, 4.69) is 0 Å². The molecule has 0 aliphatic carbocycles. The van der Waals surface area contributed by atoms with E-state index in [1.165, 1.54) is 12.1 Å². The van der Waals surface area contributed by atoms with Gasteiger partial charge in [0, 0.05) is 25.1 Å². The van der Waals surface area contributed by atoms with Crippen molar-refractivity contribution < 1.29 is 18.7 Å². The molecule has 0 saturated carbocycles. The van der Waals surface area contributed by atoms with Crippen molar-refractivity contribution in [1.29, 1.82) is 0 Å². The predicted molar refractivity (Wildman–Crippen MR) is 93.9 cm³/mol. The van der Waals surface area contributed by atoms with Crippen molar-refractivity contribution >= 4 is 17.5 Å². The Morgan fingerprint density at radius 1 is 1.24 bits per heavy atom. The molecule has 4 nitrogen and oxygen atoms in total. The highest BCUT2D eigenvalue weighted by atomic mass is 35.5. The van der Waals surface area contributed by atoms with Crippen LogP contribution in [0.4, 0.5) is 4.39 Å². The third-order valence-electron chi connectivity index (χ3n) is 3.98. The van der Waals surface area contributed by atoms with Gasteiger partial charge in [0.25, 0.3) is 5.91 Å². The molecule has 0 fully saturated rings. The van der Waals surface area contributed by atoms with Crippen LogP contribution in [0.1, 0.15) is 29.3 Å². The van der Waals surface area contributed by atoms with Crippen LogP contribution in [0.15, 0.2) is 36.4 Å². The minimum Gasteiger partial charge on any atom is -0.489 e. The van der Waals surface area contributed by atoms with Gasteiger partial charge in [-0.05, 0) is 36.8 Å². The van der Waals surface area contributed by atoms with Gasteiger partial charge < -0.3 is 14.4 Å². The lowest BCUT2D eigenvalue weighted by molar-refractivity contribution is 0.0752. The molecule has 0 atom stereocenters. The first-order valence-corrected chi connectivity index (χ1v) is 8.59. The maximum absolute atomic E-state index is 13.4. The van der Waals surface area contributed by atoms with Gasteiger partial charge in [-0.1, -0.05) is 23.7 Å². The van der Waals surface area contributed by atoms with Crippen LogP contribution in [0.3, 0.4) is 0 Å². The normalized spacial score (nSPS) is 13.2. The molecule has 0 saturated heterocycles.